The van der Waals surface area contributed by atoms with Gasteiger partial charge in [-0.1, -0.05) is 0 Å². The zero-order chi connectivity index (χ0) is 21.8. The molecular weight excluding hydrogens is 421 g/mol. The van der Waals surface area contributed by atoms with Gasteiger partial charge >= 0.3 is 21.6 Å². The summed E-state index contributed by atoms with van der Waals surface area (Å²) in [5.74, 6) is -2.29. The number of ether oxygens (including phenoxy) is 2. The second-order valence-electron chi connectivity index (χ2n) is 5.23. The van der Waals surface area contributed by atoms with Crippen molar-refractivity contribution in [2.24, 2.45) is 0 Å². The molecule has 1 N–H and O–H groups in total. The molecule has 0 aliphatic rings. The van der Waals surface area contributed by atoms with Crippen molar-refractivity contribution in [1.29, 1.82) is 5.26 Å². The smallest absolute Gasteiger partial charge is 0.478 e. The van der Waals surface area contributed by atoms with Crippen LogP contribution in [0.25, 0.3) is 11.3 Å². The molecule has 0 radical (unpaired) electrons. The molecule has 0 aliphatic heterocycles. The number of aromatic carboxylic acids is 1. The number of aromatic nitrogens is 1. The molecule has 2 aromatic rings. The van der Waals surface area contributed by atoms with Gasteiger partial charge in [0.2, 0.25) is 0 Å². The highest BCUT2D eigenvalue weighted by Gasteiger charge is 2.48. The quantitative estimate of drug-likeness (QED) is 0.398. The number of pyridine rings is 1. The highest BCUT2D eigenvalue weighted by molar-refractivity contribution is 7.88. The Balaban J connectivity index is 2.46. The Morgan fingerprint density at radius 2 is 1.97 bits per heavy atom. The van der Waals surface area contributed by atoms with Gasteiger partial charge in [-0.2, -0.15) is 26.9 Å². The summed E-state index contributed by atoms with van der Waals surface area (Å²) in [7, 11) is -4.64. The molecule has 13 heteroatoms. The van der Waals surface area contributed by atoms with Gasteiger partial charge in [-0.05, 0) is 24.3 Å². The zero-order valence-electron chi connectivity index (χ0n) is 14.4. The summed E-state index contributed by atoms with van der Waals surface area (Å²) in [5, 5.41) is 18.4. The maximum absolute atomic E-state index is 12.5. The van der Waals surface area contributed by atoms with Gasteiger partial charge in [-0.3, -0.25) is 4.98 Å². The van der Waals surface area contributed by atoms with Crippen LogP contribution in [0.15, 0.2) is 30.5 Å². The average molecular weight is 432 g/mol. The minimum atomic E-state index is -5.97. The van der Waals surface area contributed by atoms with Gasteiger partial charge in [0.1, 0.15) is 11.6 Å². The molecule has 1 aromatic carbocycles. The van der Waals surface area contributed by atoms with Crippen molar-refractivity contribution < 1.29 is 45.1 Å². The number of alkyl halides is 3. The van der Waals surface area contributed by atoms with E-state index in [0.717, 1.165) is 30.5 Å². The Morgan fingerprint density at radius 1 is 1.28 bits per heavy atom. The predicted octanol–water partition coefficient (Wildman–Crippen LogP) is 2.53. The highest BCUT2D eigenvalue weighted by atomic mass is 32.2. The fraction of sp³-hybridized carbons (Fsp3) is 0.188. The van der Waals surface area contributed by atoms with Crippen LogP contribution in [-0.4, -0.2) is 43.9 Å². The number of nitriles is 1. The average Bonchev–Trinajstić information content (AvgIpc) is 2.65. The predicted molar refractivity (Wildman–Crippen MR) is 89.5 cm³/mol. The van der Waals surface area contributed by atoms with E-state index < -0.39 is 32.9 Å². The lowest BCUT2D eigenvalue weighted by molar-refractivity contribution is -0.0500. The van der Waals surface area contributed by atoms with E-state index in [1.807, 2.05) is 0 Å². The molecule has 0 fully saturated rings. The van der Waals surface area contributed by atoms with Crippen LogP contribution in [0.1, 0.15) is 15.9 Å². The van der Waals surface area contributed by atoms with Crippen LogP contribution >= 0.6 is 0 Å². The number of nitrogens with zero attached hydrogens (tertiary/aromatic N) is 2. The SMILES string of the molecule is COCOc1cnc(-c2ccc(OS(=O)(=O)C(F)(F)F)c(C#N)c2)cc1C(=O)O. The summed E-state index contributed by atoms with van der Waals surface area (Å²) < 4.78 is 73.4. The summed E-state index contributed by atoms with van der Waals surface area (Å²) in [5.41, 5.74) is -6.33. The fourth-order valence-electron chi connectivity index (χ4n) is 2.02. The molecule has 2 rings (SSSR count). The van der Waals surface area contributed by atoms with E-state index in [1.54, 1.807) is 0 Å². The first-order valence-corrected chi connectivity index (χ1v) is 8.81. The molecule has 0 amide bonds. The van der Waals surface area contributed by atoms with Crippen LogP contribution < -0.4 is 8.92 Å². The summed E-state index contributed by atoms with van der Waals surface area (Å²) in [6, 6.07) is 5.57. The summed E-state index contributed by atoms with van der Waals surface area (Å²) in [4.78, 5) is 15.4. The van der Waals surface area contributed by atoms with Crippen molar-refractivity contribution in [2.75, 3.05) is 13.9 Å². The standard InChI is InChI=1S/C16H11F3N2O7S/c1-26-8-27-14-7-21-12(5-11(14)15(22)23)9-2-3-13(10(4-9)6-20)28-29(24,25)16(17,18)19/h2-5,7H,8H2,1H3,(H,22,23). The first-order valence-electron chi connectivity index (χ1n) is 7.40. The number of carboxylic acids is 1. The lowest BCUT2D eigenvalue weighted by Gasteiger charge is -2.12. The molecule has 0 unspecified atom stereocenters. The van der Waals surface area contributed by atoms with Gasteiger partial charge in [0, 0.05) is 12.7 Å². The lowest BCUT2D eigenvalue weighted by Crippen LogP contribution is -2.28. The maximum Gasteiger partial charge on any atom is 0.534 e. The third-order valence-corrected chi connectivity index (χ3v) is 4.27. The van der Waals surface area contributed by atoms with Crippen LogP contribution in [0, 0.1) is 11.3 Å². The maximum atomic E-state index is 12.5. The minimum Gasteiger partial charge on any atom is -0.478 e. The molecule has 1 heterocycles. The van der Waals surface area contributed by atoms with E-state index >= 15 is 0 Å². The van der Waals surface area contributed by atoms with Crippen LogP contribution in [0.5, 0.6) is 11.5 Å². The van der Waals surface area contributed by atoms with E-state index in [4.69, 9.17) is 10.00 Å². The molecule has 0 bridgehead atoms. The van der Waals surface area contributed by atoms with Crippen LogP contribution in [-0.2, 0) is 14.9 Å². The number of carbonyl (C=O) groups is 1. The van der Waals surface area contributed by atoms with Crippen molar-refractivity contribution in [2.45, 2.75) is 5.51 Å². The van der Waals surface area contributed by atoms with Crippen molar-refractivity contribution in [1.82, 2.24) is 4.98 Å². The number of rotatable bonds is 7. The van der Waals surface area contributed by atoms with Crippen LogP contribution in [0.4, 0.5) is 13.2 Å². The van der Waals surface area contributed by atoms with Gasteiger partial charge in [0.25, 0.3) is 0 Å². The summed E-state index contributed by atoms with van der Waals surface area (Å²) >= 11 is 0. The molecule has 0 saturated heterocycles. The molecular formula is C16H11F3N2O7S. The zero-order valence-corrected chi connectivity index (χ0v) is 15.2. The second kappa shape index (κ2) is 8.33. The number of hydrogen-bond acceptors (Lipinski definition) is 8. The van der Waals surface area contributed by atoms with E-state index in [1.165, 1.54) is 13.2 Å². The fourth-order valence-corrected chi connectivity index (χ4v) is 2.50. The number of benzene rings is 1. The van der Waals surface area contributed by atoms with E-state index in [0.29, 0.717) is 0 Å². The molecule has 154 valence electrons. The second-order valence-corrected chi connectivity index (χ2v) is 6.77. The van der Waals surface area contributed by atoms with Crippen molar-refractivity contribution in [3.63, 3.8) is 0 Å². The largest absolute Gasteiger partial charge is 0.534 e. The normalized spacial score (nSPS) is 11.6. The van der Waals surface area contributed by atoms with Gasteiger partial charge < -0.3 is 18.8 Å². The molecule has 0 saturated carbocycles. The number of hydrogen-bond donors (Lipinski definition) is 1. The van der Waals surface area contributed by atoms with Crippen LogP contribution in [0.3, 0.4) is 0 Å². The molecule has 9 nitrogen and oxygen atoms in total. The van der Waals surface area contributed by atoms with Gasteiger partial charge in [-0.15, -0.1) is 0 Å². The van der Waals surface area contributed by atoms with Crippen molar-refractivity contribution in [3.8, 4) is 28.8 Å². The number of methoxy groups -OCH3 is 1. The van der Waals surface area contributed by atoms with Crippen molar-refractivity contribution >= 4 is 16.1 Å². The minimum absolute atomic E-state index is 0.0360. The molecule has 0 spiro atoms. The van der Waals surface area contributed by atoms with Crippen molar-refractivity contribution in [3.05, 3.63) is 41.6 Å². The number of halogens is 3. The first-order chi connectivity index (χ1) is 13.5. The van der Waals surface area contributed by atoms with Gasteiger partial charge in [0.05, 0.1) is 17.5 Å². The Hall–Kier alpha value is -3.37. The highest BCUT2D eigenvalue weighted by Crippen LogP contribution is 2.32. The van der Waals surface area contributed by atoms with Crippen LogP contribution in [0.2, 0.25) is 0 Å². The number of carboxylic acid groups (broad SMARTS) is 1. The Morgan fingerprint density at radius 3 is 2.52 bits per heavy atom. The first kappa shape index (κ1) is 21.9. The van der Waals surface area contributed by atoms with Gasteiger partial charge in [0.15, 0.2) is 18.3 Å². The monoisotopic (exact) mass is 432 g/mol. The Bertz CT molecular complexity index is 1080. The van der Waals surface area contributed by atoms with Gasteiger partial charge in [-0.25, -0.2) is 4.79 Å². The van der Waals surface area contributed by atoms with E-state index in [-0.39, 0.29) is 29.4 Å². The Labute approximate surface area is 162 Å². The molecule has 0 aliphatic carbocycles. The summed E-state index contributed by atoms with van der Waals surface area (Å²) in [6.45, 7) is -0.237. The third kappa shape index (κ3) is 4.92. The molecule has 29 heavy (non-hydrogen) atoms. The Kier molecular flexibility index (Phi) is 6.30. The molecule has 1 aromatic heterocycles. The topological polar surface area (TPSA) is 136 Å². The van der Waals surface area contributed by atoms with E-state index in [2.05, 4.69) is 13.9 Å². The lowest BCUT2D eigenvalue weighted by atomic mass is 10.1. The van der Waals surface area contributed by atoms with E-state index in [9.17, 15) is 31.5 Å². The third-order valence-electron chi connectivity index (χ3n) is 3.31. The summed E-state index contributed by atoms with van der Waals surface area (Å²) in [6.07, 6.45) is 1.09. The molecule has 0 atom stereocenters.